The summed E-state index contributed by atoms with van der Waals surface area (Å²) in [4.78, 5) is 27.7. The first-order valence-corrected chi connectivity index (χ1v) is 7.47. The van der Waals surface area contributed by atoms with E-state index in [1.54, 1.807) is 6.92 Å². The molecule has 2 rings (SSSR count). The predicted octanol–water partition coefficient (Wildman–Crippen LogP) is 1.83. The van der Waals surface area contributed by atoms with E-state index in [0.29, 0.717) is 18.5 Å². The maximum Gasteiger partial charge on any atom is 0.325 e. The number of ether oxygens (including phenoxy) is 1. The summed E-state index contributed by atoms with van der Waals surface area (Å²) in [6.07, 6.45) is 1.38. The van der Waals surface area contributed by atoms with Crippen LogP contribution in [0.15, 0.2) is 36.4 Å². The summed E-state index contributed by atoms with van der Waals surface area (Å²) in [6.45, 7) is 5.93. The zero-order chi connectivity index (χ0) is 16.8. The van der Waals surface area contributed by atoms with Crippen LogP contribution in [0.3, 0.4) is 0 Å². The van der Waals surface area contributed by atoms with E-state index in [1.807, 2.05) is 28.8 Å². The third-order valence-corrected chi connectivity index (χ3v) is 3.50. The molecule has 6 nitrogen and oxygen atoms in total. The molecule has 0 aliphatic rings. The molecule has 0 spiro atoms. The maximum absolute atomic E-state index is 11.6. The van der Waals surface area contributed by atoms with Gasteiger partial charge in [0.2, 0.25) is 5.91 Å². The van der Waals surface area contributed by atoms with E-state index in [2.05, 4.69) is 16.9 Å². The molecular weight excluding hydrogens is 294 g/mol. The fourth-order valence-electron chi connectivity index (χ4n) is 2.29. The second-order valence-electron chi connectivity index (χ2n) is 5.32. The van der Waals surface area contributed by atoms with Gasteiger partial charge < -0.3 is 14.6 Å². The Balaban J connectivity index is 2.09. The molecule has 1 aromatic carbocycles. The summed E-state index contributed by atoms with van der Waals surface area (Å²) in [6, 6.07) is 7.66. The smallest absolute Gasteiger partial charge is 0.325 e. The molecule has 122 valence electrons. The second-order valence-corrected chi connectivity index (χ2v) is 5.32. The molecule has 0 unspecified atom stereocenters. The largest absolute Gasteiger partial charge is 0.468 e. The molecule has 0 aliphatic heterocycles. The molecule has 0 saturated carbocycles. The SMILES string of the molecule is C=C(C)C(=O)NCCCc1nc2ccccc2n1CC(=O)OC. The first kappa shape index (κ1) is 16.7. The first-order chi connectivity index (χ1) is 11.0. The number of nitrogens with zero attached hydrogens (tertiary/aromatic N) is 2. The number of esters is 1. The third kappa shape index (κ3) is 4.18. The van der Waals surface area contributed by atoms with Crippen molar-refractivity contribution in [3.8, 4) is 0 Å². The third-order valence-electron chi connectivity index (χ3n) is 3.50. The highest BCUT2D eigenvalue weighted by molar-refractivity contribution is 5.92. The number of hydrogen-bond donors (Lipinski definition) is 1. The highest BCUT2D eigenvalue weighted by Crippen LogP contribution is 2.17. The number of amides is 1. The molecule has 1 amide bonds. The van der Waals surface area contributed by atoms with Crippen molar-refractivity contribution in [1.82, 2.24) is 14.9 Å². The molecule has 0 radical (unpaired) electrons. The van der Waals surface area contributed by atoms with E-state index >= 15 is 0 Å². The Kier molecular flexibility index (Phi) is 5.51. The van der Waals surface area contributed by atoms with Crippen LogP contribution >= 0.6 is 0 Å². The molecule has 0 atom stereocenters. The van der Waals surface area contributed by atoms with Crippen LogP contribution in [0.25, 0.3) is 11.0 Å². The number of aryl methyl sites for hydroxylation is 1. The van der Waals surface area contributed by atoms with E-state index in [9.17, 15) is 9.59 Å². The monoisotopic (exact) mass is 315 g/mol. The maximum atomic E-state index is 11.6. The van der Waals surface area contributed by atoms with Gasteiger partial charge in [-0.3, -0.25) is 9.59 Å². The van der Waals surface area contributed by atoms with Gasteiger partial charge in [0, 0.05) is 18.5 Å². The Morgan fingerprint density at radius 3 is 2.78 bits per heavy atom. The zero-order valence-electron chi connectivity index (χ0n) is 13.5. The number of carbonyl (C=O) groups excluding carboxylic acids is 2. The van der Waals surface area contributed by atoms with E-state index < -0.39 is 0 Å². The summed E-state index contributed by atoms with van der Waals surface area (Å²) in [7, 11) is 1.37. The van der Waals surface area contributed by atoms with Gasteiger partial charge in [-0.15, -0.1) is 0 Å². The summed E-state index contributed by atoms with van der Waals surface area (Å²) >= 11 is 0. The number of aromatic nitrogens is 2. The number of hydrogen-bond acceptors (Lipinski definition) is 4. The van der Waals surface area contributed by atoms with Gasteiger partial charge in [0.15, 0.2) is 0 Å². The lowest BCUT2D eigenvalue weighted by Gasteiger charge is -2.08. The molecule has 0 fully saturated rings. The lowest BCUT2D eigenvalue weighted by molar-refractivity contribution is -0.141. The van der Waals surface area contributed by atoms with Crippen molar-refractivity contribution in [2.45, 2.75) is 26.3 Å². The van der Waals surface area contributed by atoms with Crippen LogP contribution in [0.5, 0.6) is 0 Å². The summed E-state index contributed by atoms with van der Waals surface area (Å²) in [5, 5.41) is 2.79. The number of carbonyl (C=O) groups is 2. The molecule has 1 N–H and O–H groups in total. The van der Waals surface area contributed by atoms with Gasteiger partial charge in [-0.2, -0.15) is 0 Å². The van der Waals surface area contributed by atoms with Crippen molar-refractivity contribution in [3.63, 3.8) is 0 Å². The fourth-order valence-corrected chi connectivity index (χ4v) is 2.29. The summed E-state index contributed by atoms with van der Waals surface area (Å²) in [5.41, 5.74) is 2.24. The van der Waals surface area contributed by atoms with E-state index in [0.717, 1.165) is 23.3 Å². The minimum absolute atomic E-state index is 0.129. The highest BCUT2D eigenvalue weighted by atomic mass is 16.5. The van der Waals surface area contributed by atoms with Crippen LogP contribution in [-0.4, -0.2) is 35.1 Å². The number of nitrogens with one attached hydrogen (secondary N) is 1. The van der Waals surface area contributed by atoms with Crippen molar-refractivity contribution in [1.29, 1.82) is 0 Å². The Hall–Kier alpha value is -2.63. The van der Waals surface area contributed by atoms with Gasteiger partial charge in [0.1, 0.15) is 12.4 Å². The lowest BCUT2D eigenvalue weighted by Crippen LogP contribution is -2.25. The average Bonchev–Trinajstić information content (AvgIpc) is 2.89. The van der Waals surface area contributed by atoms with Crippen LogP contribution in [-0.2, 0) is 27.3 Å². The quantitative estimate of drug-likeness (QED) is 0.481. The number of methoxy groups -OCH3 is 1. The van der Waals surface area contributed by atoms with Gasteiger partial charge in [0.05, 0.1) is 18.1 Å². The van der Waals surface area contributed by atoms with Gasteiger partial charge in [0.25, 0.3) is 0 Å². The molecule has 2 aromatic rings. The molecule has 0 saturated heterocycles. The van der Waals surface area contributed by atoms with Crippen LogP contribution in [0.4, 0.5) is 0 Å². The van der Waals surface area contributed by atoms with Gasteiger partial charge in [-0.25, -0.2) is 4.98 Å². The highest BCUT2D eigenvalue weighted by Gasteiger charge is 2.13. The predicted molar refractivity (Wildman–Crippen MR) is 87.9 cm³/mol. The van der Waals surface area contributed by atoms with Crippen molar-refractivity contribution in [2.24, 2.45) is 0 Å². The molecule has 1 heterocycles. The number of imidazole rings is 1. The molecule has 6 heteroatoms. The summed E-state index contributed by atoms with van der Waals surface area (Å²) in [5.74, 6) is 0.347. The number of benzene rings is 1. The van der Waals surface area contributed by atoms with Crippen LogP contribution in [0.2, 0.25) is 0 Å². The second kappa shape index (κ2) is 7.58. The van der Waals surface area contributed by atoms with Crippen molar-refractivity contribution < 1.29 is 14.3 Å². The van der Waals surface area contributed by atoms with Crippen LogP contribution in [0, 0.1) is 0 Å². The zero-order valence-corrected chi connectivity index (χ0v) is 13.5. The molecule has 0 bridgehead atoms. The number of para-hydroxylation sites is 2. The number of fused-ring (bicyclic) bond motifs is 1. The van der Waals surface area contributed by atoms with Crippen LogP contribution in [0.1, 0.15) is 19.2 Å². The minimum Gasteiger partial charge on any atom is -0.468 e. The van der Waals surface area contributed by atoms with E-state index in [-0.39, 0.29) is 18.4 Å². The lowest BCUT2D eigenvalue weighted by atomic mass is 10.2. The normalized spacial score (nSPS) is 10.5. The standard InChI is InChI=1S/C17H21N3O3/c1-12(2)17(22)18-10-6-9-15-19-13-7-4-5-8-14(13)20(15)11-16(21)23-3/h4-5,7-8H,1,6,9-11H2,2-3H3,(H,18,22). The number of rotatable bonds is 7. The van der Waals surface area contributed by atoms with Gasteiger partial charge >= 0.3 is 5.97 Å². The van der Waals surface area contributed by atoms with E-state index in [4.69, 9.17) is 4.74 Å². The topological polar surface area (TPSA) is 73.2 Å². The first-order valence-electron chi connectivity index (χ1n) is 7.47. The fraction of sp³-hybridized carbons (Fsp3) is 0.353. The van der Waals surface area contributed by atoms with Crippen LogP contribution < -0.4 is 5.32 Å². The Morgan fingerprint density at radius 1 is 1.35 bits per heavy atom. The molecule has 23 heavy (non-hydrogen) atoms. The average molecular weight is 315 g/mol. The Labute approximate surface area is 135 Å². The minimum atomic E-state index is -0.315. The molecule has 1 aromatic heterocycles. The molecular formula is C17H21N3O3. The van der Waals surface area contributed by atoms with Gasteiger partial charge in [-0.1, -0.05) is 18.7 Å². The van der Waals surface area contributed by atoms with Gasteiger partial charge in [-0.05, 0) is 25.5 Å². The summed E-state index contributed by atoms with van der Waals surface area (Å²) < 4.78 is 6.62. The Morgan fingerprint density at radius 2 is 2.09 bits per heavy atom. The molecule has 0 aliphatic carbocycles. The van der Waals surface area contributed by atoms with Crippen molar-refractivity contribution in [3.05, 3.63) is 42.2 Å². The van der Waals surface area contributed by atoms with E-state index in [1.165, 1.54) is 7.11 Å². The van der Waals surface area contributed by atoms with Crippen molar-refractivity contribution >= 4 is 22.9 Å². The Bertz CT molecular complexity index is 734. The van der Waals surface area contributed by atoms with Crippen molar-refractivity contribution in [2.75, 3.05) is 13.7 Å².